The smallest absolute Gasteiger partial charge is 0.0440 e. The van der Waals surface area contributed by atoms with Gasteiger partial charge in [-0.3, -0.25) is 0 Å². The summed E-state index contributed by atoms with van der Waals surface area (Å²) >= 11 is 6.25. The van der Waals surface area contributed by atoms with Crippen molar-refractivity contribution in [3.05, 3.63) is 34.9 Å². The molecule has 1 aromatic carbocycles. The van der Waals surface area contributed by atoms with Crippen molar-refractivity contribution in [1.82, 2.24) is 5.32 Å². The van der Waals surface area contributed by atoms with E-state index in [1.165, 1.54) is 31.2 Å². The van der Waals surface area contributed by atoms with Crippen LogP contribution in [0.2, 0.25) is 5.02 Å². The van der Waals surface area contributed by atoms with E-state index in [0.29, 0.717) is 18.0 Å². The first-order valence-corrected chi connectivity index (χ1v) is 7.98. The zero-order chi connectivity index (χ0) is 13.8. The zero-order valence-electron chi connectivity index (χ0n) is 12.3. The molecule has 0 spiro atoms. The van der Waals surface area contributed by atoms with Crippen LogP contribution in [0.25, 0.3) is 0 Å². The van der Waals surface area contributed by atoms with Gasteiger partial charge in [0.25, 0.3) is 0 Å². The Labute approximate surface area is 122 Å². The first-order chi connectivity index (χ1) is 9.10. The monoisotopic (exact) mass is 279 g/mol. The number of hydrogen-bond donors (Lipinski definition) is 1. The quantitative estimate of drug-likeness (QED) is 0.773. The molecule has 2 unspecified atom stereocenters. The fourth-order valence-corrected chi connectivity index (χ4v) is 3.34. The lowest BCUT2D eigenvalue weighted by Gasteiger charge is -2.39. The molecule has 106 valence electrons. The summed E-state index contributed by atoms with van der Waals surface area (Å²) in [4.78, 5) is 0. The highest BCUT2D eigenvalue weighted by molar-refractivity contribution is 6.31. The summed E-state index contributed by atoms with van der Waals surface area (Å²) in [7, 11) is 0. The molecule has 0 saturated heterocycles. The summed E-state index contributed by atoms with van der Waals surface area (Å²) < 4.78 is 0. The Balaban J connectivity index is 1.76. The first-order valence-electron chi connectivity index (χ1n) is 7.60. The van der Waals surface area contributed by atoms with Gasteiger partial charge in [0, 0.05) is 17.1 Å². The fraction of sp³-hybridized carbons (Fsp3) is 0.647. The number of benzene rings is 1. The summed E-state index contributed by atoms with van der Waals surface area (Å²) in [5.74, 6) is 1.48. The molecule has 2 rings (SSSR count). The van der Waals surface area contributed by atoms with Crippen molar-refractivity contribution < 1.29 is 0 Å². The normalized spacial score (nSPS) is 25.7. The van der Waals surface area contributed by atoms with Gasteiger partial charge in [-0.1, -0.05) is 50.1 Å². The maximum atomic E-state index is 6.25. The number of rotatable bonds is 6. The lowest BCUT2D eigenvalue weighted by molar-refractivity contribution is 0.254. The molecule has 1 aromatic rings. The maximum Gasteiger partial charge on any atom is 0.0440 e. The van der Waals surface area contributed by atoms with Gasteiger partial charge in [0.2, 0.25) is 0 Å². The van der Waals surface area contributed by atoms with Crippen molar-refractivity contribution in [3.63, 3.8) is 0 Å². The predicted molar refractivity (Wildman–Crippen MR) is 83.9 cm³/mol. The topological polar surface area (TPSA) is 12.0 Å². The average Bonchev–Trinajstić information content (AvgIpc) is 2.34. The van der Waals surface area contributed by atoms with Gasteiger partial charge in [-0.25, -0.2) is 0 Å². The van der Waals surface area contributed by atoms with Gasteiger partial charge >= 0.3 is 0 Å². The third kappa shape index (κ3) is 3.97. The van der Waals surface area contributed by atoms with Gasteiger partial charge in [0.05, 0.1) is 0 Å². The highest BCUT2D eigenvalue weighted by Gasteiger charge is 2.31. The molecule has 0 radical (unpaired) electrons. The largest absolute Gasteiger partial charge is 0.311 e. The molecule has 2 atom stereocenters. The predicted octanol–water partition coefficient (Wildman–Crippen LogP) is 5.00. The van der Waals surface area contributed by atoms with Crippen LogP contribution in [0.5, 0.6) is 0 Å². The maximum absolute atomic E-state index is 6.25. The van der Waals surface area contributed by atoms with E-state index in [9.17, 15) is 0 Å². The molecule has 0 amide bonds. The van der Waals surface area contributed by atoms with Crippen LogP contribution in [0.1, 0.15) is 57.9 Å². The van der Waals surface area contributed by atoms with Crippen molar-refractivity contribution in [3.8, 4) is 0 Å². The molecule has 0 bridgehead atoms. The van der Waals surface area contributed by atoms with Gasteiger partial charge in [0.15, 0.2) is 0 Å². The van der Waals surface area contributed by atoms with E-state index in [-0.39, 0.29) is 0 Å². The van der Waals surface area contributed by atoms with Crippen LogP contribution < -0.4 is 5.32 Å². The average molecular weight is 280 g/mol. The van der Waals surface area contributed by atoms with Crippen molar-refractivity contribution in [2.75, 3.05) is 0 Å². The zero-order valence-corrected chi connectivity index (χ0v) is 13.1. The molecule has 19 heavy (non-hydrogen) atoms. The highest BCUT2D eigenvalue weighted by Crippen LogP contribution is 2.40. The fourth-order valence-electron chi connectivity index (χ4n) is 3.05. The highest BCUT2D eigenvalue weighted by atomic mass is 35.5. The Morgan fingerprint density at radius 3 is 2.58 bits per heavy atom. The summed E-state index contributed by atoms with van der Waals surface area (Å²) in [6, 6.07) is 9.59. The van der Waals surface area contributed by atoms with Crippen molar-refractivity contribution in [2.45, 2.75) is 64.5 Å². The molecule has 1 saturated carbocycles. The van der Waals surface area contributed by atoms with Crippen molar-refractivity contribution >= 4 is 11.6 Å². The van der Waals surface area contributed by atoms with Crippen molar-refractivity contribution in [2.24, 2.45) is 5.92 Å². The minimum Gasteiger partial charge on any atom is -0.311 e. The van der Waals surface area contributed by atoms with Crippen LogP contribution in [0.15, 0.2) is 24.3 Å². The van der Waals surface area contributed by atoms with Gasteiger partial charge in [-0.15, -0.1) is 0 Å². The standard InChI is InChI=1S/C17H26ClN/c1-4-12(2)9-13(3)19-15-10-14(11-15)16-7-5-6-8-17(16)18/h5-8,12-15,19H,4,9-11H2,1-3H3. The Morgan fingerprint density at radius 1 is 1.26 bits per heavy atom. The second-order valence-corrected chi connectivity index (χ2v) is 6.61. The van der Waals surface area contributed by atoms with Gasteiger partial charge < -0.3 is 5.32 Å². The molecule has 1 fully saturated rings. The van der Waals surface area contributed by atoms with Crippen LogP contribution >= 0.6 is 11.6 Å². The Bertz CT molecular complexity index is 398. The van der Waals surface area contributed by atoms with E-state index in [4.69, 9.17) is 11.6 Å². The van der Waals surface area contributed by atoms with Gasteiger partial charge in [-0.05, 0) is 49.7 Å². The van der Waals surface area contributed by atoms with Crippen LogP contribution in [0, 0.1) is 5.92 Å². The van der Waals surface area contributed by atoms with Crippen LogP contribution in [0.4, 0.5) is 0 Å². The first kappa shape index (κ1) is 14.9. The van der Waals surface area contributed by atoms with Crippen LogP contribution in [-0.4, -0.2) is 12.1 Å². The van der Waals surface area contributed by atoms with E-state index in [1.54, 1.807) is 0 Å². The second-order valence-electron chi connectivity index (χ2n) is 6.20. The Hall–Kier alpha value is -0.530. The minimum atomic E-state index is 0.632. The second kappa shape index (κ2) is 6.76. The Kier molecular flexibility index (Phi) is 5.29. The summed E-state index contributed by atoms with van der Waals surface area (Å²) in [5.41, 5.74) is 1.33. The third-order valence-corrected chi connectivity index (χ3v) is 4.80. The van der Waals surface area contributed by atoms with E-state index in [2.05, 4.69) is 38.2 Å². The van der Waals surface area contributed by atoms with Gasteiger partial charge in [-0.2, -0.15) is 0 Å². The SMILES string of the molecule is CCC(C)CC(C)NC1CC(c2ccccc2Cl)C1. The minimum absolute atomic E-state index is 0.632. The van der Waals surface area contributed by atoms with E-state index in [0.717, 1.165) is 10.9 Å². The van der Waals surface area contributed by atoms with E-state index in [1.807, 2.05) is 12.1 Å². The third-order valence-electron chi connectivity index (χ3n) is 4.46. The Morgan fingerprint density at radius 2 is 1.95 bits per heavy atom. The lowest BCUT2D eigenvalue weighted by Crippen LogP contribution is -2.45. The summed E-state index contributed by atoms with van der Waals surface area (Å²) in [6.45, 7) is 6.93. The molecule has 0 aliphatic heterocycles. The number of nitrogens with one attached hydrogen (secondary N) is 1. The molecule has 1 N–H and O–H groups in total. The summed E-state index contributed by atoms with van der Waals surface area (Å²) in [6.07, 6.45) is 5.02. The van der Waals surface area contributed by atoms with E-state index < -0.39 is 0 Å². The number of hydrogen-bond acceptors (Lipinski definition) is 1. The molecule has 2 heteroatoms. The van der Waals surface area contributed by atoms with Gasteiger partial charge in [0.1, 0.15) is 0 Å². The number of halogens is 1. The summed E-state index contributed by atoms with van der Waals surface area (Å²) in [5, 5.41) is 4.69. The molecule has 0 aromatic heterocycles. The molecule has 1 nitrogen and oxygen atoms in total. The van der Waals surface area contributed by atoms with E-state index >= 15 is 0 Å². The molecular formula is C17H26ClN. The lowest BCUT2D eigenvalue weighted by atomic mass is 9.75. The van der Waals surface area contributed by atoms with Crippen molar-refractivity contribution in [1.29, 1.82) is 0 Å². The van der Waals surface area contributed by atoms with Crippen LogP contribution in [0.3, 0.4) is 0 Å². The molecule has 1 aliphatic carbocycles. The molecule has 0 heterocycles. The molecule has 1 aliphatic rings. The molecular weight excluding hydrogens is 254 g/mol. The van der Waals surface area contributed by atoms with Crippen LogP contribution in [-0.2, 0) is 0 Å².